The van der Waals surface area contributed by atoms with E-state index < -0.39 is 0 Å². The van der Waals surface area contributed by atoms with Gasteiger partial charge < -0.3 is 13.9 Å². The summed E-state index contributed by atoms with van der Waals surface area (Å²) in [5.41, 5.74) is 1.63. The van der Waals surface area contributed by atoms with Gasteiger partial charge in [-0.2, -0.15) is 0 Å². The fourth-order valence-electron chi connectivity index (χ4n) is 3.55. The summed E-state index contributed by atoms with van der Waals surface area (Å²) in [5, 5.41) is 8.32. The van der Waals surface area contributed by atoms with Crippen LogP contribution in [0, 0.1) is 0 Å². The quantitative estimate of drug-likeness (QED) is 0.659. The number of rotatable bonds is 6. The number of carbonyl (C=O) groups excluding carboxylic acids is 1. The van der Waals surface area contributed by atoms with E-state index in [1.165, 1.54) is 0 Å². The minimum Gasteiger partial charge on any atom is -0.415 e. The maximum absolute atomic E-state index is 12.8. The molecule has 0 unspecified atom stereocenters. The second-order valence-corrected chi connectivity index (χ2v) is 7.02. The highest BCUT2D eigenvalue weighted by Crippen LogP contribution is 2.24. The topological polar surface area (TPSA) is 67.4 Å². The summed E-state index contributed by atoms with van der Waals surface area (Å²) in [4.78, 5) is 17.1. The van der Waals surface area contributed by atoms with Gasteiger partial charge in [-0.1, -0.05) is 25.1 Å². The molecule has 1 saturated heterocycles. The molecule has 4 rings (SSSR count). The third-order valence-electron chi connectivity index (χ3n) is 5.06. The Hall–Kier alpha value is -2.93. The molecule has 7 nitrogen and oxygen atoms in total. The number of carbonyl (C=O) groups is 1. The van der Waals surface area contributed by atoms with Crippen molar-refractivity contribution in [1.29, 1.82) is 0 Å². The maximum atomic E-state index is 12.8. The van der Waals surface area contributed by atoms with Crippen LogP contribution in [-0.2, 0) is 11.3 Å². The lowest BCUT2D eigenvalue weighted by Gasteiger charge is -2.34. The van der Waals surface area contributed by atoms with Crippen molar-refractivity contribution in [2.24, 2.45) is 0 Å². The SMILES string of the molecule is CCCN1CCN(C(=O)Cn2cccc2-c2nnc(-c3ccccc3)o2)CC1. The number of aromatic nitrogens is 3. The number of piperazine rings is 1. The Bertz CT molecular complexity index is 910. The van der Waals surface area contributed by atoms with Crippen molar-refractivity contribution in [2.75, 3.05) is 32.7 Å². The standard InChI is InChI=1S/C21H25N5O2/c1-2-10-24-12-14-25(15-13-24)19(27)16-26-11-6-9-18(26)21-23-22-20(28-21)17-7-4-3-5-8-17/h3-9,11H,2,10,12-16H2,1H3. The van der Waals surface area contributed by atoms with Crippen molar-refractivity contribution < 1.29 is 9.21 Å². The Morgan fingerprint density at radius 3 is 2.50 bits per heavy atom. The molecule has 0 radical (unpaired) electrons. The summed E-state index contributed by atoms with van der Waals surface area (Å²) in [6, 6.07) is 13.5. The van der Waals surface area contributed by atoms with Crippen molar-refractivity contribution in [3.8, 4) is 23.0 Å². The average molecular weight is 379 g/mol. The van der Waals surface area contributed by atoms with Crippen molar-refractivity contribution in [3.05, 3.63) is 48.7 Å². The predicted molar refractivity (Wildman–Crippen MR) is 106 cm³/mol. The summed E-state index contributed by atoms with van der Waals surface area (Å²) in [6.07, 6.45) is 3.03. The van der Waals surface area contributed by atoms with Crippen molar-refractivity contribution in [1.82, 2.24) is 24.6 Å². The largest absolute Gasteiger partial charge is 0.415 e. The zero-order valence-corrected chi connectivity index (χ0v) is 16.1. The smallest absolute Gasteiger partial charge is 0.264 e. The molecule has 0 bridgehead atoms. The molecule has 0 saturated carbocycles. The zero-order chi connectivity index (χ0) is 19.3. The molecule has 7 heteroatoms. The number of nitrogens with zero attached hydrogens (tertiary/aromatic N) is 5. The first-order valence-electron chi connectivity index (χ1n) is 9.79. The number of hydrogen-bond acceptors (Lipinski definition) is 5. The van der Waals surface area contributed by atoms with E-state index in [2.05, 4.69) is 22.0 Å². The highest BCUT2D eigenvalue weighted by molar-refractivity contribution is 5.77. The molecule has 3 aromatic rings. The lowest BCUT2D eigenvalue weighted by atomic mass is 10.2. The summed E-state index contributed by atoms with van der Waals surface area (Å²) in [6.45, 7) is 7.03. The van der Waals surface area contributed by atoms with E-state index in [0.717, 1.165) is 50.4 Å². The second-order valence-electron chi connectivity index (χ2n) is 7.02. The van der Waals surface area contributed by atoms with Crippen LogP contribution in [0.15, 0.2) is 53.1 Å². The van der Waals surface area contributed by atoms with Crippen LogP contribution in [0.1, 0.15) is 13.3 Å². The van der Waals surface area contributed by atoms with Gasteiger partial charge >= 0.3 is 0 Å². The van der Waals surface area contributed by atoms with E-state index in [1.807, 2.05) is 58.1 Å². The highest BCUT2D eigenvalue weighted by Gasteiger charge is 2.22. The van der Waals surface area contributed by atoms with Crippen molar-refractivity contribution >= 4 is 5.91 Å². The van der Waals surface area contributed by atoms with Crippen LogP contribution in [-0.4, -0.2) is 63.2 Å². The van der Waals surface area contributed by atoms with Gasteiger partial charge in [0.2, 0.25) is 11.8 Å². The van der Waals surface area contributed by atoms with Gasteiger partial charge in [-0.3, -0.25) is 9.69 Å². The molecule has 0 spiro atoms. The van der Waals surface area contributed by atoms with E-state index in [0.29, 0.717) is 11.8 Å². The van der Waals surface area contributed by atoms with Gasteiger partial charge in [0.1, 0.15) is 12.2 Å². The predicted octanol–water partition coefficient (Wildman–Crippen LogP) is 2.76. The minimum absolute atomic E-state index is 0.122. The summed E-state index contributed by atoms with van der Waals surface area (Å²) >= 11 is 0. The van der Waals surface area contributed by atoms with E-state index in [9.17, 15) is 4.79 Å². The molecule has 3 heterocycles. The number of benzene rings is 1. The average Bonchev–Trinajstić information content (AvgIpc) is 3.39. The third kappa shape index (κ3) is 3.99. The van der Waals surface area contributed by atoms with Gasteiger partial charge in [0.05, 0.1) is 0 Å². The molecule has 1 amide bonds. The molecule has 1 aliphatic heterocycles. The molecule has 1 aromatic carbocycles. The second kappa shape index (κ2) is 8.39. The molecule has 0 N–H and O–H groups in total. The molecule has 1 fully saturated rings. The molecule has 2 aromatic heterocycles. The lowest BCUT2D eigenvalue weighted by Crippen LogP contribution is -2.49. The maximum Gasteiger partial charge on any atom is 0.264 e. The van der Waals surface area contributed by atoms with Gasteiger partial charge in [0.25, 0.3) is 5.89 Å². The summed E-state index contributed by atoms with van der Waals surface area (Å²) in [5.74, 6) is 1.02. The molecule has 0 aliphatic carbocycles. The molecule has 0 atom stereocenters. The molecule has 1 aliphatic rings. The first-order valence-corrected chi connectivity index (χ1v) is 9.79. The Labute approximate surface area is 164 Å². The van der Waals surface area contributed by atoms with E-state index >= 15 is 0 Å². The highest BCUT2D eigenvalue weighted by atomic mass is 16.4. The van der Waals surface area contributed by atoms with Gasteiger partial charge in [0, 0.05) is 37.9 Å². The van der Waals surface area contributed by atoms with Gasteiger partial charge in [-0.25, -0.2) is 0 Å². The molecular weight excluding hydrogens is 354 g/mol. The van der Waals surface area contributed by atoms with Crippen LogP contribution in [0.2, 0.25) is 0 Å². The van der Waals surface area contributed by atoms with Crippen LogP contribution in [0.4, 0.5) is 0 Å². The van der Waals surface area contributed by atoms with Gasteiger partial charge in [-0.15, -0.1) is 10.2 Å². The Kier molecular flexibility index (Phi) is 5.53. The van der Waals surface area contributed by atoms with E-state index in [1.54, 1.807) is 0 Å². The van der Waals surface area contributed by atoms with Gasteiger partial charge in [-0.05, 0) is 37.2 Å². The summed E-state index contributed by atoms with van der Waals surface area (Å²) < 4.78 is 7.73. The lowest BCUT2D eigenvalue weighted by molar-refractivity contribution is -0.133. The number of hydrogen-bond donors (Lipinski definition) is 0. The zero-order valence-electron chi connectivity index (χ0n) is 16.1. The van der Waals surface area contributed by atoms with Crippen molar-refractivity contribution in [2.45, 2.75) is 19.9 Å². The molecule has 28 heavy (non-hydrogen) atoms. The fraction of sp³-hybridized carbons (Fsp3) is 0.381. The number of amides is 1. The first-order chi connectivity index (χ1) is 13.7. The van der Waals surface area contributed by atoms with Crippen LogP contribution >= 0.6 is 0 Å². The van der Waals surface area contributed by atoms with E-state index in [4.69, 9.17) is 4.42 Å². The Balaban J connectivity index is 1.44. The Morgan fingerprint density at radius 1 is 1.00 bits per heavy atom. The van der Waals surface area contributed by atoms with Crippen LogP contribution in [0.25, 0.3) is 23.0 Å². The molecular formula is C21H25N5O2. The van der Waals surface area contributed by atoms with Crippen LogP contribution in [0.5, 0.6) is 0 Å². The minimum atomic E-state index is 0.122. The third-order valence-corrected chi connectivity index (χ3v) is 5.06. The van der Waals surface area contributed by atoms with Crippen molar-refractivity contribution in [3.63, 3.8) is 0 Å². The van der Waals surface area contributed by atoms with E-state index in [-0.39, 0.29) is 12.5 Å². The first kappa shape index (κ1) is 18.4. The Morgan fingerprint density at radius 2 is 1.75 bits per heavy atom. The van der Waals surface area contributed by atoms with Crippen LogP contribution < -0.4 is 0 Å². The summed E-state index contributed by atoms with van der Waals surface area (Å²) in [7, 11) is 0. The molecule has 146 valence electrons. The van der Waals surface area contributed by atoms with Crippen LogP contribution in [0.3, 0.4) is 0 Å². The van der Waals surface area contributed by atoms with Gasteiger partial charge in [0.15, 0.2) is 0 Å². The normalized spacial score (nSPS) is 15.1. The monoisotopic (exact) mass is 379 g/mol. The fourth-order valence-corrected chi connectivity index (χ4v) is 3.55.